The number of methoxy groups -OCH3 is 1. The van der Waals surface area contributed by atoms with Crippen molar-refractivity contribution in [3.63, 3.8) is 0 Å². The molecule has 0 aromatic heterocycles. The van der Waals surface area contributed by atoms with Gasteiger partial charge in [0.1, 0.15) is 0 Å². The van der Waals surface area contributed by atoms with Crippen LogP contribution in [0.3, 0.4) is 0 Å². The fourth-order valence-electron chi connectivity index (χ4n) is 1.27. The van der Waals surface area contributed by atoms with Gasteiger partial charge in [-0.15, -0.1) is 0 Å². The van der Waals surface area contributed by atoms with Gasteiger partial charge in [0.2, 0.25) is 0 Å². The fourth-order valence-corrected chi connectivity index (χ4v) is 2.75. The van der Waals surface area contributed by atoms with E-state index >= 15 is 0 Å². The van der Waals surface area contributed by atoms with E-state index in [9.17, 15) is 8.42 Å². The highest BCUT2D eigenvalue weighted by molar-refractivity contribution is 7.91. The zero-order valence-electron chi connectivity index (χ0n) is 8.86. The molecular formula is C10H15NO3S. The molecule has 84 valence electrons. The monoisotopic (exact) mass is 229 g/mol. The molecule has 0 aliphatic carbocycles. The molecule has 0 heterocycles. The Morgan fingerprint density at radius 2 is 2.07 bits per heavy atom. The highest BCUT2D eigenvalue weighted by Crippen LogP contribution is 2.21. The first kappa shape index (κ1) is 12.0. The molecular weight excluding hydrogens is 214 g/mol. The topological polar surface area (TPSA) is 69.4 Å². The van der Waals surface area contributed by atoms with Gasteiger partial charge in [-0.3, -0.25) is 0 Å². The Hall–Kier alpha value is -1.07. The van der Waals surface area contributed by atoms with E-state index in [4.69, 9.17) is 10.5 Å². The number of anilines is 1. The number of hydrogen-bond donors (Lipinski definition) is 1. The molecule has 0 amide bonds. The third-order valence-corrected chi connectivity index (χ3v) is 4.03. The third kappa shape index (κ3) is 2.70. The van der Waals surface area contributed by atoms with Crippen LogP contribution in [0.5, 0.6) is 0 Å². The minimum Gasteiger partial charge on any atom is -0.398 e. The Bertz CT molecular complexity index is 440. The summed E-state index contributed by atoms with van der Waals surface area (Å²) in [6, 6.07) is 4.89. The maximum absolute atomic E-state index is 11.8. The van der Waals surface area contributed by atoms with Crippen molar-refractivity contribution in [3.8, 4) is 0 Å². The van der Waals surface area contributed by atoms with Crippen molar-refractivity contribution in [1.29, 1.82) is 0 Å². The molecule has 0 aliphatic heterocycles. The van der Waals surface area contributed by atoms with Gasteiger partial charge in [0.15, 0.2) is 9.84 Å². The third-order valence-electron chi connectivity index (χ3n) is 2.22. The Morgan fingerprint density at radius 1 is 1.40 bits per heavy atom. The van der Waals surface area contributed by atoms with Crippen LogP contribution in [0, 0.1) is 6.92 Å². The first-order valence-corrected chi connectivity index (χ1v) is 6.21. The van der Waals surface area contributed by atoms with E-state index in [1.54, 1.807) is 25.1 Å². The van der Waals surface area contributed by atoms with E-state index in [0.29, 0.717) is 16.1 Å². The van der Waals surface area contributed by atoms with E-state index in [1.807, 2.05) is 0 Å². The molecule has 0 saturated carbocycles. The lowest BCUT2D eigenvalue weighted by atomic mass is 10.2. The van der Waals surface area contributed by atoms with Gasteiger partial charge in [-0.1, -0.05) is 6.07 Å². The second-order valence-electron chi connectivity index (χ2n) is 3.28. The molecule has 0 saturated heterocycles. The second kappa shape index (κ2) is 4.63. The Labute approximate surface area is 90.0 Å². The highest BCUT2D eigenvalue weighted by atomic mass is 32.2. The molecule has 1 rings (SSSR count). The number of ether oxygens (including phenoxy) is 1. The number of hydrogen-bond acceptors (Lipinski definition) is 4. The molecule has 0 atom stereocenters. The first-order valence-electron chi connectivity index (χ1n) is 4.56. The Kier molecular flexibility index (Phi) is 3.71. The quantitative estimate of drug-likeness (QED) is 0.782. The van der Waals surface area contributed by atoms with E-state index < -0.39 is 9.84 Å². The Balaban J connectivity index is 3.10. The lowest BCUT2D eigenvalue weighted by Gasteiger charge is -2.08. The van der Waals surface area contributed by atoms with Gasteiger partial charge < -0.3 is 10.5 Å². The largest absolute Gasteiger partial charge is 0.398 e. The minimum atomic E-state index is -3.28. The van der Waals surface area contributed by atoms with Crippen molar-refractivity contribution < 1.29 is 13.2 Å². The van der Waals surface area contributed by atoms with Gasteiger partial charge in [-0.2, -0.15) is 0 Å². The summed E-state index contributed by atoms with van der Waals surface area (Å²) >= 11 is 0. The highest BCUT2D eigenvalue weighted by Gasteiger charge is 2.17. The molecule has 0 unspecified atom stereocenters. The number of benzene rings is 1. The summed E-state index contributed by atoms with van der Waals surface area (Å²) in [7, 11) is -1.81. The zero-order valence-corrected chi connectivity index (χ0v) is 9.67. The zero-order chi connectivity index (χ0) is 11.5. The number of nitrogen functional groups attached to an aromatic ring is 1. The molecule has 0 spiro atoms. The molecule has 0 bridgehead atoms. The average Bonchev–Trinajstić information content (AvgIpc) is 2.19. The van der Waals surface area contributed by atoms with Gasteiger partial charge in [0.25, 0.3) is 0 Å². The molecule has 1 aromatic rings. The van der Waals surface area contributed by atoms with Crippen LogP contribution in [0.1, 0.15) is 5.56 Å². The molecule has 1 aromatic carbocycles. The summed E-state index contributed by atoms with van der Waals surface area (Å²) in [5, 5.41) is 0. The standard InChI is InChI=1S/C10H15NO3S/c1-8-9(11)4-3-5-10(8)15(12,13)7-6-14-2/h3-5H,6-7,11H2,1-2H3. The van der Waals surface area contributed by atoms with Crippen molar-refractivity contribution in [2.75, 3.05) is 25.2 Å². The predicted molar refractivity (Wildman–Crippen MR) is 59.5 cm³/mol. The van der Waals surface area contributed by atoms with Gasteiger partial charge in [0, 0.05) is 12.8 Å². The van der Waals surface area contributed by atoms with E-state index in [-0.39, 0.29) is 12.4 Å². The lowest BCUT2D eigenvalue weighted by molar-refractivity contribution is 0.217. The first-order chi connectivity index (χ1) is 6.99. The molecule has 0 radical (unpaired) electrons. The van der Waals surface area contributed by atoms with Crippen LogP contribution in [0.4, 0.5) is 5.69 Å². The summed E-state index contributed by atoms with van der Waals surface area (Å²) in [4.78, 5) is 0.291. The summed E-state index contributed by atoms with van der Waals surface area (Å²) in [5.74, 6) is -0.0200. The SMILES string of the molecule is COCCS(=O)(=O)c1cccc(N)c1C. The van der Waals surface area contributed by atoms with Crippen LogP contribution in [-0.4, -0.2) is 27.9 Å². The molecule has 4 nitrogen and oxygen atoms in total. The molecule has 5 heteroatoms. The van der Waals surface area contributed by atoms with E-state index in [1.165, 1.54) is 7.11 Å². The van der Waals surface area contributed by atoms with Crippen LogP contribution in [0.15, 0.2) is 23.1 Å². The number of sulfone groups is 1. The van der Waals surface area contributed by atoms with Crippen LogP contribution in [-0.2, 0) is 14.6 Å². The molecule has 15 heavy (non-hydrogen) atoms. The lowest BCUT2D eigenvalue weighted by Crippen LogP contribution is -2.13. The van der Waals surface area contributed by atoms with E-state index in [0.717, 1.165) is 0 Å². The Morgan fingerprint density at radius 3 is 2.67 bits per heavy atom. The normalized spacial score (nSPS) is 11.6. The van der Waals surface area contributed by atoms with Crippen molar-refractivity contribution in [1.82, 2.24) is 0 Å². The predicted octanol–water partition coefficient (Wildman–Crippen LogP) is 0.997. The maximum atomic E-state index is 11.8. The van der Waals surface area contributed by atoms with Crippen LogP contribution >= 0.6 is 0 Å². The van der Waals surface area contributed by atoms with E-state index in [2.05, 4.69) is 0 Å². The fraction of sp³-hybridized carbons (Fsp3) is 0.400. The summed E-state index contributed by atoms with van der Waals surface area (Å²) < 4.78 is 28.4. The maximum Gasteiger partial charge on any atom is 0.180 e. The van der Waals surface area contributed by atoms with Crippen LogP contribution in [0.25, 0.3) is 0 Å². The summed E-state index contributed by atoms with van der Waals surface area (Å²) in [6.07, 6.45) is 0. The van der Waals surface area contributed by atoms with Crippen molar-refractivity contribution in [2.24, 2.45) is 0 Å². The molecule has 2 N–H and O–H groups in total. The van der Waals surface area contributed by atoms with Gasteiger partial charge in [0.05, 0.1) is 17.3 Å². The molecule has 0 aliphatic rings. The summed E-state index contributed by atoms with van der Waals surface area (Å²) in [5.41, 5.74) is 6.75. The van der Waals surface area contributed by atoms with Gasteiger partial charge in [-0.05, 0) is 24.6 Å². The average molecular weight is 229 g/mol. The van der Waals surface area contributed by atoms with Gasteiger partial charge >= 0.3 is 0 Å². The van der Waals surface area contributed by atoms with Crippen molar-refractivity contribution in [2.45, 2.75) is 11.8 Å². The minimum absolute atomic E-state index is 0.0200. The smallest absolute Gasteiger partial charge is 0.180 e. The summed E-state index contributed by atoms with van der Waals surface area (Å²) in [6.45, 7) is 1.89. The number of nitrogens with two attached hydrogens (primary N) is 1. The second-order valence-corrected chi connectivity index (χ2v) is 5.36. The van der Waals surface area contributed by atoms with Crippen LogP contribution in [0.2, 0.25) is 0 Å². The van der Waals surface area contributed by atoms with Crippen molar-refractivity contribution in [3.05, 3.63) is 23.8 Å². The molecule has 0 fully saturated rings. The van der Waals surface area contributed by atoms with Crippen LogP contribution < -0.4 is 5.73 Å². The number of rotatable bonds is 4. The van der Waals surface area contributed by atoms with Gasteiger partial charge in [-0.25, -0.2) is 8.42 Å². The van der Waals surface area contributed by atoms with Crippen molar-refractivity contribution >= 4 is 15.5 Å².